The van der Waals surface area contributed by atoms with Crippen molar-refractivity contribution >= 4 is 44.7 Å². The van der Waals surface area contributed by atoms with Crippen LogP contribution in [0.5, 0.6) is 0 Å². The standard InChI is InChI=1S/C52H63N4O2/c1-8-11-31-55-43-27-23-37-17-13-15-19-41(37)47(43)51(4,5)45(55)29-25-39-21-22-40(49(39)53-33-35-54(36-34-53)50(57)58-10-3)26-30-46-52(6,7)48-42-20-16-14-18-38(42)24-28-44(48)56(46)32-12-9-2/h13-20,23-30H,8-12,21-22,31-36H2,1-7H3/q+1. The summed E-state index contributed by atoms with van der Waals surface area (Å²) in [6.07, 6.45) is 16.2. The third-order valence-electron chi connectivity index (χ3n) is 13.3. The lowest BCUT2D eigenvalue weighted by Crippen LogP contribution is -2.47. The summed E-state index contributed by atoms with van der Waals surface area (Å²) < 4.78 is 7.96. The fraction of sp³-hybridized carbons (Fsp3) is 0.423. The van der Waals surface area contributed by atoms with Gasteiger partial charge in [-0.3, -0.25) is 4.90 Å². The number of carbonyl (C=O) groups is 1. The molecule has 2 fully saturated rings. The smallest absolute Gasteiger partial charge is 0.410 e. The molecule has 0 N–H and O–H groups in total. The molecule has 4 aliphatic rings. The Hall–Kier alpha value is -5.10. The van der Waals surface area contributed by atoms with Crippen LogP contribution in [0.3, 0.4) is 0 Å². The highest BCUT2D eigenvalue weighted by Gasteiger charge is 2.43. The second-order valence-corrected chi connectivity index (χ2v) is 17.6. The maximum absolute atomic E-state index is 12.8. The predicted octanol–water partition coefficient (Wildman–Crippen LogP) is 11.8. The van der Waals surface area contributed by atoms with E-state index in [9.17, 15) is 4.79 Å². The summed E-state index contributed by atoms with van der Waals surface area (Å²) in [5.41, 5.74) is 12.1. The lowest BCUT2D eigenvalue weighted by atomic mass is 9.81. The monoisotopic (exact) mass is 775 g/mol. The number of anilines is 2. The number of rotatable bonds is 9. The van der Waals surface area contributed by atoms with Gasteiger partial charge in [-0.2, -0.15) is 0 Å². The number of ether oxygens (including phenoxy) is 1. The Morgan fingerprint density at radius 3 is 1.57 bits per heavy atom. The molecule has 1 aliphatic carbocycles. The molecule has 0 unspecified atom stereocenters. The number of unbranched alkanes of at least 4 members (excludes halogenated alkanes) is 2. The van der Waals surface area contributed by atoms with Gasteiger partial charge in [0.25, 0.3) is 0 Å². The quantitative estimate of drug-likeness (QED) is 0.159. The molecule has 0 atom stereocenters. The highest BCUT2D eigenvalue weighted by Crippen LogP contribution is 2.52. The van der Waals surface area contributed by atoms with E-state index in [1.54, 1.807) is 0 Å². The number of carbonyl (C=O) groups excluding carboxylic acids is 1. The van der Waals surface area contributed by atoms with Crippen molar-refractivity contribution in [3.05, 3.63) is 131 Å². The second kappa shape index (κ2) is 16.3. The van der Waals surface area contributed by atoms with Crippen LogP contribution in [-0.2, 0) is 15.6 Å². The van der Waals surface area contributed by atoms with Gasteiger partial charge >= 0.3 is 6.09 Å². The molecule has 0 bridgehead atoms. The topological polar surface area (TPSA) is 39.0 Å². The van der Waals surface area contributed by atoms with Crippen molar-refractivity contribution in [2.24, 2.45) is 0 Å². The third-order valence-corrected chi connectivity index (χ3v) is 13.3. The van der Waals surface area contributed by atoms with Gasteiger partial charge < -0.3 is 14.5 Å². The summed E-state index contributed by atoms with van der Waals surface area (Å²) in [4.78, 5) is 19.8. The van der Waals surface area contributed by atoms with Crippen molar-refractivity contribution in [1.82, 2.24) is 4.90 Å². The molecule has 0 spiro atoms. The molecule has 1 saturated carbocycles. The number of fused-ring (bicyclic) bond motifs is 6. The third kappa shape index (κ3) is 6.96. The maximum Gasteiger partial charge on any atom is 0.410 e. The van der Waals surface area contributed by atoms with Crippen molar-refractivity contribution in [2.75, 3.05) is 55.7 Å². The van der Waals surface area contributed by atoms with Crippen LogP contribution in [0.25, 0.3) is 21.5 Å². The summed E-state index contributed by atoms with van der Waals surface area (Å²) >= 11 is 0. The second-order valence-electron chi connectivity index (χ2n) is 17.6. The first-order valence-corrected chi connectivity index (χ1v) is 22.1. The van der Waals surface area contributed by atoms with E-state index in [2.05, 4.69) is 153 Å². The zero-order valence-corrected chi connectivity index (χ0v) is 36.0. The first-order chi connectivity index (χ1) is 28.1. The van der Waals surface area contributed by atoms with Crippen molar-refractivity contribution in [2.45, 2.75) is 97.8 Å². The highest BCUT2D eigenvalue weighted by molar-refractivity contribution is 6.12. The molecule has 3 heterocycles. The van der Waals surface area contributed by atoms with E-state index in [4.69, 9.17) is 4.74 Å². The minimum atomic E-state index is -0.204. The van der Waals surface area contributed by atoms with Crippen LogP contribution >= 0.6 is 0 Å². The molecule has 4 aromatic carbocycles. The first kappa shape index (κ1) is 39.7. The van der Waals surface area contributed by atoms with E-state index in [1.165, 1.54) is 72.3 Å². The van der Waals surface area contributed by atoms with Gasteiger partial charge in [-0.15, -0.1) is 0 Å². The van der Waals surface area contributed by atoms with E-state index >= 15 is 0 Å². The average Bonchev–Trinajstić information content (AvgIpc) is 3.81. The number of benzene rings is 4. The summed E-state index contributed by atoms with van der Waals surface area (Å²) in [7, 11) is 0. The van der Waals surface area contributed by atoms with Crippen molar-refractivity contribution < 1.29 is 14.1 Å². The Bertz CT molecular complexity index is 2240. The molecule has 6 nitrogen and oxygen atoms in total. The minimum absolute atomic E-state index is 0.150. The van der Waals surface area contributed by atoms with Gasteiger partial charge in [-0.05, 0) is 89.6 Å². The maximum atomic E-state index is 12.8. The van der Waals surface area contributed by atoms with Gasteiger partial charge in [0, 0.05) is 57.8 Å². The van der Waals surface area contributed by atoms with Gasteiger partial charge in [0.2, 0.25) is 5.71 Å². The number of amides is 1. The number of piperazine rings is 1. The van der Waals surface area contributed by atoms with Gasteiger partial charge in [-0.25, -0.2) is 9.37 Å². The molecule has 8 rings (SSSR count). The van der Waals surface area contributed by atoms with Crippen LogP contribution < -0.4 is 9.80 Å². The zero-order valence-electron chi connectivity index (χ0n) is 36.0. The molecule has 1 saturated heterocycles. The summed E-state index contributed by atoms with van der Waals surface area (Å²) in [5.74, 6) is 0. The Morgan fingerprint density at radius 2 is 1.12 bits per heavy atom. The first-order valence-electron chi connectivity index (χ1n) is 22.1. The van der Waals surface area contributed by atoms with E-state index in [1.807, 2.05) is 11.8 Å². The van der Waals surface area contributed by atoms with Gasteiger partial charge in [0.15, 0.2) is 13.1 Å². The highest BCUT2D eigenvalue weighted by atomic mass is 16.6. The Kier molecular flexibility index (Phi) is 11.1. The van der Waals surface area contributed by atoms with Crippen LogP contribution in [0.1, 0.15) is 98.1 Å². The van der Waals surface area contributed by atoms with E-state index in [0.717, 1.165) is 64.7 Å². The lowest BCUT2D eigenvalue weighted by Gasteiger charge is -2.27. The normalized spacial score (nSPS) is 21.4. The zero-order chi connectivity index (χ0) is 40.6. The molecule has 58 heavy (non-hydrogen) atoms. The predicted molar refractivity (Wildman–Crippen MR) is 244 cm³/mol. The number of nitrogens with zero attached hydrogens (tertiary/aromatic N) is 4. The van der Waals surface area contributed by atoms with Crippen molar-refractivity contribution in [1.29, 1.82) is 0 Å². The van der Waals surface area contributed by atoms with Gasteiger partial charge in [-0.1, -0.05) is 127 Å². The van der Waals surface area contributed by atoms with Gasteiger partial charge in [0.1, 0.15) is 0 Å². The molecule has 3 aliphatic heterocycles. The fourth-order valence-corrected chi connectivity index (χ4v) is 10.3. The van der Waals surface area contributed by atoms with Crippen LogP contribution in [-0.4, -0.2) is 67.2 Å². The molecule has 6 heteroatoms. The Labute approximate surface area is 346 Å². The molecular formula is C52H63N4O2+. The molecule has 0 radical (unpaired) electrons. The van der Waals surface area contributed by atoms with E-state index in [0.29, 0.717) is 19.7 Å². The van der Waals surface area contributed by atoms with Crippen LogP contribution in [0, 0.1) is 0 Å². The van der Waals surface area contributed by atoms with Crippen molar-refractivity contribution in [3.8, 4) is 0 Å². The van der Waals surface area contributed by atoms with Crippen molar-refractivity contribution in [3.63, 3.8) is 0 Å². The minimum Gasteiger partial charge on any atom is -0.450 e. The number of hydrogen-bond donors (Lipinski definition) is 0. The van der Waals surface area contributed by atoms with E-state index < -0.39 is 0 Å². The number of hydrogen-bond acceptors (Lipinski definition) is 4. The molecular weight excluding hydrogens is 713 g/mol. The van der Waals surface area contributed by atoms with E-state index in [-0.39, 0.29) is 16.9 Å². The van der Waals surface area contributed by atoms with Crippen LogP contribution in [0.4, 0.5) is 16.2 Å². The average molecular weight is 776 g/mol. The van der Waals surface area contributed by atoms with Crippen LogP contribution in [0.2, 0.25) is 0 Å². The summed E-state index contributed by atoms with van der Waals surface area (Å²) in [6.45, 7) is 21.4. The molecule has 4 aromatic rings. The summed E-state index contributed by atoms with van der Waals surface area (Å²) in [6, 6.07) is 27.0. The molecule has 0 aromatic heterocycles. The SMILES string of the molecule is CCCCN1C(=CC=C2CCC(=CC=C3N(CCCC)c4ccc5ccccc5c4C3(C)C)C2=[N+]2CCN(C(=O)OCC)CC2)C(C)(C)c2c1ccc1ccccc21. The Morgan fingerprint density at radius 1 is 0.655 bits per heavy atom. The largest absolute Gasteiger partial charge is 0.450 e. The Balaban J connectivity index is 1.22. The fourth-order valence-electron chi connectivity index (χ4n) is 10.3. The van der Waals surface area contributed by atoms with Gasteiger partial charge in [0.05, 0.1) is 19.7 Å². The molecule has 302 valence electrons. The summed E-state index contributed by atoms with van der Waals surface area (Å²) in [5, 5.41) is 5.31. The number of allylic oxidation sites excluding steroid dienone is 8. The van der Waals surface area contributed by atoms with Crippen LogP contribution in [0.15, 0.2) is 120 Å². The lowest BCUT2D eigenvalue weighted by molar-refractivity contribution is -0.537. The molecule has 1 amide bonds.